The van der Waals surface area contributed by atoms with Gasteiger partial charge in [0.1, 0.15) is 5.82 Å². The molecule has 1 aliphatic heterocycles. The Bertz CT molecular complexity index is 1100. The van der Waals surface area contributed by atoms with Crippen molar-refractivity contribution in [3.63, 3.8) is 0 Å². The Balaban J connectivity index is 1.79. The first-order valence-electron chi connectivity index (χ1n) is 8.37. The van der Waals surface area contributed by atoms with Crippen molar-refractivity contribution < 1.29 is 8.42 Å². The lowest BCUT2D eigenvalue weighted by Gasteiger charge is -2.52. The first kappa shape index (κ1) is 18.1. The van der Waals surface area contributed by atoms with Crippen LogP contribution in [-0.2, 0) is 17.1 Å². The molecule has 0 N–H and O–H groups in total. The van der Waals surface area contributed by atoms with E-state index in [9.17, 15) is 8.42 Å². The summed E-state index contributed by atoms with van der Waals surface area (Å²) in [5, 5.41) is 8.11. The smallest absolute Gasteiger partial charge is 0.262 e. The van der Waals surface area contributed by atoms with Crippen molar-refractivity contribution in [3.05, 3.63) is 53.7 Å². The van der Waals surface area contributed by atoms with Crippen molar-refractivity contribution in [2.45, 2.75) is 24.9 Å². The third kappa shape index (κ3) is 2.86. The zero-order chi connectivity index (χ0) is 19.4. The van der Waals surface area contributed by atoms with Crippen molar-refractivity contribution in [3.8, 4) is 5.69 Å². The lowest BCUT2D eigenvalue weighted by atomic mass is 9.76. The summed E-state index contributed by atoms with van der Waals surface area (Å²) in [5.74, 6) is 0.646. The van der Waals surface area contributed by atoms with Gasteiger partial charge >= 0.3 is 0 Å². The van der Waals surface area contributed by atoms with Crippen LogP contribution in [0, 0.1) is 5.41 Å². The van der Waals surface area contributed by atoms with Gasteiger partial charge in [-0.3, -0.25) is 0 Å². The number of hydrogen-bond donors (Lipinski definition) is 0. The number of halogens is 1. The molecular formula is C17H19ClN6O2S. The zero-order valence-corrected chi connectivity index (χ0v) is 16.7. The molecule has 1 aromatic carbocycles. The monoisotopic (exact) mass is 406 g/mol. The summed E-state index contributed by atoms with van der Waals surface area (Å²) in [6.45, 7) is 4.44. The predicted molar refractivity (Wildman–Crippen MR) is 100.0 cm³/mol. The molecule has 142 valence electrons. The average Bonchev–Trinajstić information content (AvgIpc) is 3.22. The number of benzene rings is 1. The molecule has 4 rings (SSSR count). The Hall–Kier alpha value is -2.23. The first-order valence-corrected chi connectivity index (χ1v) is 10.2. The number of sulfonamides is 1. The van der Waals surface area contributed by atoms with Crippen LogP contribution in [0.2, 0.25) is 5.02 Å². The van der Waals surface area contributed by atoms with E-state index < -0.39 is 16.1 Å². The number of hydrogen-bond acceptors (Lipinski definition) is 5. The molecule has 1 unspecified atom stereocenters. The second-order valence-corrected chi connectivity index (χ2v) is 9.55. The molecule has 0 amide bonds. The van der Waals surface area contributed by atoms with Gasteiger partial charge in [0, 0.05) is 42.1 Å². The Morgan fingerprint density at radius 1 is 1.30 bits per heavy atom. The molecule has 0 aliphatic carbocycles. The van der Waals surface area contributed by atoms with Gasteiger partial charge in [-0.2, -0.15) is 4.31 Å². The molecule has 0 radical (unpaired) electrons. The van der Waals surface area contributed by atoms with Crippen LogP contribution in [0.15, 0.2) is 47.9 Å². The summed E-state index contributed by atoms with van der Waals surface area (Å²) < 4.78 is 30.9. The van der Waals surface area contributed by atoms with Crippen LogP contribution in [0.1, 0.15) is 25.7 Å². The van der Waals surface area contributed by atoms with Gasteiger partial charge in [-0.15, -0.1) is 5.10 Å². The van der Waals surface area contributed by atoms with E-state index in [1.54, 1.807) is 19.3 Å². The van der Waals surface area contributed by atoms with E-state index in [-0.39, 0.29) is 10.4 Å². The van der Waals surface area contributed by atoms with Crippen LogP contribution in [0.25, 0.3) is 5.69 Å². The summed E-state index contributed by atoms with van der Waals surface area (Å²) in [6, 6.07) is 6.95. The van der Waals surface area contributed by atoms with E-state index in [1.165, 1.54) is 15.2 Å². The van der Waals surface area contributed by atoms with E-state index in [1.807, 2.05) is 42.8 Å². The van der Waals surface area contributed by atoms with Crippen molar-refractivity contribution in [1.82, 2.24) is 28.9 Å². The zero-order valence-electron chi connectivity index (χ0n) is 15.1. The number of aromatic nitrogens is 5. The van der Waals surface area contributed by atoms with Gasteiger partial charge in [0.05, 0.1) is 12.2 Å². The fourth-order valence-corrected chi connectivity index (χ4v) is 5.69. The number of imidazole rings is 1. The maximum atomic E-state index is 13.2. The Labute approximate surface area is 162 Å². The van der Waals surface area contributed by atoms with Gasteiger partial charge in [-0.1, -0.05) is 36.7 Å². The molecule has 10 heteroatoms. The molecule has 27 heavy (non-hydrogen) atoms. The van der Waals surface area contributed by atoms with Gasteiger partial charge in [-0.25, -0.2) is 18.1 Å². The fourth-order valence-electron chi connectivity index (χ4n) is 3.55. The highest BCUT2D eigenvalue weighted by atomic mass is 35.5. The first-order chi connectivity index (χ1) is 12.7. The van der Waals surface area contributed by atoms with Crippen LogP contribution in [0.4, 0.5) is 0 Å². The quantitative estimate of drug-likeness (QED) is 0.664. The Morgan fingerprint density at radius 3 is 2.70 bits per heavy atom. The third-order valence-corrected chi connectivity index (χ3v) is 6.93. The van der Waals surface area contributed by atoms with E-state index >= 15 is 0 Å². The van der Waals surface area contributed by atoms with Crippen molar-refractivity contribution in [2.75, 3.05) is 6.54 Å². The van der Waals surface area contributed by atoms with E-state index in [2.05, 4.69) is 15.3 Å². The molecule has 1 aliphatic rings. The topological polar surface area (TPSA) is 85.9 Å². The molecule has 1 atom stereocenters. The van der Waals surface area contributed by atoms with Crippen LogP contribution in [0.3, 0.4) is 0 Å². The van der Waals surface area contributed by atoms with Crippen molar-refractivity contribution in [2.24, 2.45) is 12.5 Å². The highest BCUT2D eigenvalue weighted by Gasteiger charge is 2.55. The normalized spacial score (nSPS) is 19.8. The summed E-state index contributed by atoms with van der Waals surface area (Å²) >= 11 is 6.13. The second kappa shape index (κ2) is 6.15. The van der Waals surface area contributed by atoms with Crippen molar-refractivity contribution in [1.29, 1.82) is 0 Å². The largest absolute Gasteiger partial charge is 0.302 e. The van der Waals surface area contributed by atoms with Crippen LogP contribution < -0.4 is 0 Å². The molecular weight excluding hydrogens is 388 g/mol. The predicted octanol–water partition coefficient (Wildman–Crippen LogP) is 2.43. The summed E-state index contributed by atoms with van der Waals surface area (Å²) in [4.78, 5) is 4.48. The maximum absolute atomic E-state index is 13.2. The van der Waals surface area contributed by atoms with Crippen molar-refractivity contribution >= 4 is 21.6 Å². The van der Waals surface area contributed by atoms with E-state index in [4.69, 9.17) is 11.6 Å². The Kier molecular flexibility index (Phi) is 4.13. The molecule has 0 saturated carbocycles. The molecule has 8 nitrogen and oxygen atoms in total. The third-order valence-electron chi connectivity index (χ3n) is 4.84. The number of rotatable bonds is 4. The van der Waals surface area contributed by atoms with Gasteiger partial charge in [-0.05, 0) is 18.2 Å². The molecule has 1 saturated heterocycles. The number of aryl methyl sites for hydroxylation is 1. The van der Waals surface area contributed by atoms with Gasteiger partial charge < -0.3 is 4.57 Å². The van der Waals surface area contributed by atoms with E-state index in [0.717, 1.165) is 5.69 Å². The van der Waals surface area contributed by atoms with Crippen LogP contribution in [0.5, 0.6) is 0 Å². The van der Waals surface area contributed by atoms with Gasteiger partial charge in [0.25, 0.3) is 10.0 Å². The summed E-state index contributed by atoms with van der Waals surface area (Å²) in [5.41, 5.74) is 0.554. The highest BCUT2D eigenvalue weighted by molar-refractivity contribution is 7.89. The molecule has 1 fully saturated rings. The molecule has 3 aromatic rings. The molecule has 3 heterocycles. The summed E-state index contributed by atoms with van der Waals surface area (Å²) in [7, 11) is -2.19. The minimum Gasteiger partial charge on any atom is -0.302 e. The van der Waals surface area contributed by atoms with Crippen LogP contribution >= 0.6 is 11.6 Å². The van der Waals surface area contributed by atoms with Gasteiger partial charge in [0.2, 0.25) is 0 Å². The fraction of sp³-hybridized carbons (Fsp3) is 0.353. The molecule has 0 spiro atoms. The lowest BCUT2D eigenvalue weighted by molar-refractivity contribution is 0.0124. The summed E-state index contributed by atoms with van der Waals surface area (Å²) in [6.07, 6.45) is 4.74. The maximum Gasteiger partial charge on any atom is 0.262 e. The average molecular weight is 407 g/mol. The highest BCUT2D eigenvalue weighted by Crippen LogP contribution is 2.50. The minimum absolute atomic E-state index is 0.0591. The molecule has 2 aromatic heterocycles. The van der Waals surface area contributed by atoms with E-state index in [0.29, 0.717) is 17.4 Å². The number of nitrogens with zero attached hydrogens (tertiary/aromatic N) is 6. The SMILES string of the molecule is Cn1nncc1S(=O)(=O)N1CC(C)(C)C1c1nccn1-c1cccc(Cl)c1. The lowest BCUT2D eigenvalue weighted by Crippen LogP contribution is -2.58. The van der Waals surface area contributed by atoms with Crippen LogP contribution in [-0.4, -0.2) is 43.8 Å². The standard InChI is InChI=1S/C17H19ClN6O2S/c1-17(2)11-24(27(25,26)14-10-20-21-22(14)3)15(17)16-19-7-8-23(16)13-6-4-5-12(18)9-13/h4-10,15H,11H2,1-3H3. The molecule has 0 bridgehead atoms. The minimum atomic E-state index is -3.75. The van der Waals surface area contributed by atoms with Gasteiger partial charge in [0.15, 0.2) is 5.03 Å². The second-order valence-electron chi connectivity index (χ2n) is 7.27. The Morgan fingerprint density at radius 2 is 2.07 bits per heavy atom.